The Morgan fingerprint density at radius 2 is 1.66 bits per heavy atom. The number of carbonyl (C=O) groups excluding carboxylic acids is 1. The number of fused-ring (bicyclic) bond motifs is 2. The highest BCUT2D eigenvalue weighted by molar-refractivity contribution is 5.97. The molecule has 1 fully saturated rings. The van der Waals surface area contributed by atoms with E-state index in [9.17, 15) is 4.79 Å². The lowest BCUT2D eigenvalue weighted by Gasteiger charge is -2.34. The number of hydrogen-bond donors (Lipinski definition) is 2. The van der Waals surface area contributed by atoms with Crippen molar-refractivity contribution in [3.8, 4) is 11.4 Å². The van der Waals surface area contributed by atoms with Crippen LogP contribution < -0.4 is 4.90 Å². The molecule has 6 rings (SSSR count). The topological polar surface area (TPSA) is 68.0 Å². The van der Waals surface area contributed by atoms with Gasteiger partial charge < -0.3 is 9.88 Å². The van der Waals surface area contributed by atoms with Crippen LogP contribution in [0.25, 0.3) is 33.2 Å². The lowest BCUT2D eigenvalue weighted by atomic mass is 10.1. The Bertz CT molecular complexity index is 1420. The van der Waals surface area contributed by atoms with Crippen molar-refractivity contribution in [3.05, 3.63) is 84.4 Å². The Morgan fingerprint density at radius 3 is 2.53 bits per heavy atom. The molecule has 1 saturated heterocycles. The van der Waals surface area contributed by atoms with Gasteiger partial charge in [-0.1, -0.05) is 48.5 Å². The Balaban J connectivity index is 1.26. The van der Waals surface area contributed by atoms with Crippen LogP contribution in [-0.2, 0) is 11.3 Å². The minimum atomic E-state index is 0.146. The lowest BCUT2D eigenvalue weighted by Crippen LogP contribution is -2.50. The van der Waals surface area contributed by atoms with E-state index in [1.165, 1.54) is 10.9 Å². The van der Waals surface area contributed by atoms with E-state index in [0.717, 1.165) is 46.6 Å². The Morgan fingerprint density at radius 1 is 0.844 bits per heavy atom. The summed E-state index contributed by atoms with van der Waals surface area (Å²) in [5.41, 5.74) is 6.21. The number of rotatable bonds is 4. The van der Waals surface area contributed by atoms with Gasteiger partial charge in [0, 0.05) is 41.6 Å². The van der Waals surface area contributed by atoms with Crippen molar-refractivity contribution >= 4 is 33.4 Å². The van der Waals surface area contributed by atoms with Crippen LogP contribution in [-0.4, -0.2) is 45.6 Å². The highest BCUT2D eigenvalue weighted by Gasteiger charge is 2.25. The predicted molar refractivity (Wildman–Crippen MR) is 127 cm³/mol. The van der Waals surface area contributed by atoms with Gasteiger partial charge >= 0.3 is 0 Å². The molecule has 0 bridgehead atoms. The number of benzene rings is 3. The maximum absolute atomic E-state index is 12.8. The van der Waals surface area contributed by atoms with E-state index in [0.29, 0.717) is 13.1 Å². The number of hydrogen-bond acceptors (Lipinski definition) is 3. The molecule has 158 valence electrons. The summed E-state index contributed by atoms with van der Waals surface area (Å²) in [5, 5.41) is 9.92. The van der Waals surface area contributed by atoms with Gasteiger partial charge in [0.25, 0.3) is 0 Å². The number of nitrogens with zero attached hydrogens (tertiary/aromatic N) is 3. The molecule has 0 radical (unpaired) electrons. The first-order valence-electron chi connectivity index (χ1n) is 10.9. The summed E-state index contributed by atoms with van der Waals surface area (Å²) >= 11 is 0. The summed E-state index contributed by atoms with van der Waals surface area (Å²) in [7, 11) is 0. The molecule has 32 heavy (non-hydrogen) atoms. The van der Waals surface area contributed by atoms with Crippen LogP contribution >= 0.6 is 0 Å². The number of H-pyrrole nitrogens is 2. The fourth-order valence-corrected chi connectivity index (χ4v) is 4.63. The number of carbonyl (C=O) groups is 1. The molecule has 0 unspecified atom stereocenters. The van der Waals surface area contributed by atoms with E-state index in [4.69, 9.17) is 0 Å². The lowest BCUT2D eigenvalue weighted by molar-refractivity contribution is -0.121. The first kappa shape index (κ1) is 18.8. The second kappa shape index (κ2) is 7.66. The largest absolute Gasteiger partial charge is 0.353 e. The van der Waals surface area contributed by atoms with Gasteiger partial charge in [0.1, 0.15) is 5.69 Å². The number of nitrogens with one attached hydrogen (secondary N) is 2. The number of amides is 1. The Labute approximate surface area is 185 Å². The van der Waals surface area contributed by atoms with Crippen molar-refractivity contribution in [1.82, 2.24) is 20.1 Å². The summed E-state index contributed by atoms with van der Waals surface area (Å²) < 4.78 is 0. The molecule has 1 aliphatic heterocycles. The van der Waals surface area contributed by atoms with E-state index in [2.05, 4.69) is 50.4 Å². The van der Waals surface area contributed by atoms with Crippen LogP contribution in [0.5, 0.6) is 0 Å². The van der Waals surface area contributed by atoms with Crippen molar-refractivity contribution < 1.29 is 4.79 Å². The average molecular weight is 422 g/mol. The van der Waals surface area contributed by atoms with Gasteiger partial charge in [0.15, 0.2) is 0 Å². The third kappa shape index (κ3) is 3.25. The first-order chi connectivity index (χ1) is 15.8. The van der Waals surface area contributed by atoms with E-state index >= 15 is 0 Å². The van der Waals surface area contributed by atoms with Gasteiger partial charge in [-0.15, -0.1) is 0 Å². The van der Waals surface area contributed by atoms with E-state index in [1.54, 1.807) is 0 Å². The summed E-state index contributed by atoms with van der Waals surface area (Å²) in [4.78, 5) is 20.5. The smallest absolute Gasteiger partial charge is 0.241 e. The summed E-state index contributed by atoms with van der Waals surface area (Å²) in [6.45, 7) is 2.71. The standard InChI is InChI=1S/C26H23N5O/c32-25-17-30(13-14-31(25)19-8-2-1-3-9-19)16-18-7-6-12-22-21(18)15-24(27-22)26-20-10-4-5-11-23(20)28-29-26/h1-12,15,27H,13-14,16-17H2,(H,28,29). The number of aromatic nitrogens is 3. The minimum absolute atomic E-state index is 0.146. The fraction of sp³-hybridized carbons (Fsp3) is 0.154. The van der Waals surface area contributed by atoms with Crippen LogP contribution in [0, 0.1) is 0 Å². The third-order valence-corrected chi connectivity index (χ3v) is 6.24. The van der Waals surface area contributed by atoms with Crippen LogP contribution in [0.1, 0.15) is 5.56 Å². The number of para-hydroxylation sites is 2. The second-order valence-corrected chi connectivity index (χ2v) is 8.27. The number of anilines is 1. The molecule has 5 aromatic rings. The highest BCUT2D eigenvalue weighted by Crippen LogP contribution is 2.30. The zero-order valence-corrected chi connectivity index (χ0v) is 17.6. The van der Waals surface area contributed by atoms with Crippen molar-refractivity contribution in [2.45, 2.75) is 6.54 Å². The molecule has 0 spiro atoms. The van der Waals surface area contributed by atoms with Gasteiger partial charge in [-0.05, 0) is 35.9 Å². The molecule has 3 heterocycles. The molecule has 1 amide bonds. The first-order valence-corrected chi connectivity index (χ1v) is 10.9. The molecular weight excluding hydrogens is 398 g/mol. The monoisotopic (exact) mass is 421 g/mol. The zero-order chi connectivity index (χ0) is 21.5. The summed E-state index contributed by atoms with van der Waals surface area (Å²) in [6, 6.07) is 26.6. The molecule has 0 saturated carbocycles. The SMILES string of the molecule is O=C1CN(Cc2cccc3[nH]c(-c4n[nH]c5ccccc45)cc23)CCN1c1ccccc1. The fourth-order valence-electron chi connectivity index (χ4n) is 4.63. The zero-order valence-electron chi connectivity index (χ0n) is 17.6. The maximum atomic E-state index is 12.8. The Hall–Kier alpha value is -3.90. The molecule has 6 nitrogen and oxygen atoms in total. The predicted octanol–water partition coefficient (Wildman–Crippen LogP) is 4.56. The van der Waals surface area contributed by atoms with Gasteiger partial charge in [-0.2, -0.15) is 5.10 Å². The number of aromatic amines is 2. The molecule has 0 atom stereocenters. The average Bonchev–Trinajstić information content (AvgIpc) is 3.44. The maximum Gasteiger partial charge on any atom is 0.241 e. The van der Waals surface area contributed by atoms with Crippen molar-refractivity contribution in [2.75, 3.05) is 24.5 Å². The minimum Gasteiger partial charge on any atom is -0.353 e. The Kier molecular flexibility index (Phi) is 4.51. The van der Waals surface area contributed by atoms with Crippen LogP contribution in [0.4, 0.5) is 5.69 Å². The van der Waals surface area contributed by atoms with Crippen LogP contribution in [0.15, 0.2) is 78.9 Å². The molecule has 0 aliphatic carbocycles. The summed E-state index contributed by atoms with van der Waals surface area (Å²) in [5.74, 6) is 0.146. The van der Waals surface area contributed by atoms with Gasteiger partial charge in [0.05, 0.1) is 17.8 Å². The third-order valence-electron chi connectivity index (χ3n) is 6.24. The van der Waals surface area contributed by atoms with Crippen LogP contribution in [0.2, 0.25) is 0 Å². The molecule has 2 aromatic heterocycles. The molecule has 1 aliphatic rings. The molecule has 3 aromatic carbocycles. The normalized spacial score (nSPS) is 15.1. The highest BCUT2D eigenvalue weighted by atomic mass is 16.2. The van der Waals surface area contributed by atoms with E-state index < -0.39 is 0 Å². The van der Waals surface area contributed by atoms with Crippen LogP contribution in [0.3, 0.4) is 0 Å². The van der Waals surface area contributed by atoms with Crippen molar-refractivity contribution in [3.63, 3.8) is 0 Å². The quantitative estimate of drug-likeness (QED) is 0.447. The molecular formula is C26H23N5O. The van der Waals surface area contributed by atoms with Gasteiger partial charge in [-0.25, -0.2) is 0 Å². The second-order valence-electron chi connectivity index (χ2n) is 8.27. The van der Waals surface area contributed by atoms with E-state index in [-0.39, 0.29) is 5.91 Å². The van der Waals surface area contributed by atoms with Crippen molar-refractivity contribution in [1.29, 1.82) is 0 Å². The van der Waals surface area contributed by atoms with Crippen molar-refractivity contribution in [2.24, 2.45) is 0 Å². The van der Waals surface area contributed by atoms with Gasteiger partial charge in [0.2, 0.25) is 5.91 Å². The van der Waals surface area contributed by atoms with Gasteiger partial charge in [-0.3, -0.25) is 14.8 Å². The number of piperazine rings is 1. The summed E-state index contributed by atoms with van der Waals surface area (Å²) in [6.07, 6.45) is 0. The molecule has 2 N–H and O–H groups in total. The molecule has 6 heteroatoms. The van der Waals surface area contributed by atoms with E-state index in [1.807, 2.05) is 53.4 Å².